The minimum atomic E-state index is 0.571. The molecule has 102 valence electrons. The number of thioether (sulfide) groups is 1. The van der Waals surface area contributed by atoms with E-state index in [-0.39, 0.29) is 0 Å². The standard InChI is InChI=1S/C16H27NS/c1-4-18-12-8-11-16(13-17-14(2)3)15-9-6-5-7-10-15/h5-7,9-10,14,16-17H,4,8,11-13H2,1-3H3. The van der Waals surface area contributed by atoms with Gasteiger partial charge in [-0.1, -0.05) is 51.1 Å². The maximum absolute atomic E-state index is 3.58. The van der Waals surface area contributed by atoms with Crippen molar-refractivity contribution >= 4 is 11.8 Å². The summed E-state index contributed by atoms with van der Waals surface area (Å²) in [7, 11) is 0. The van der Waals surface area contributed by atoms with E-state index in [1.807, 2.05) is 11.8 Å². The molecule has 2 heteroatoms. The molecule has 0 aliphatic rings. The van der Waals surface area contributed by atoms with Crippen molar-refractivity contribution in [1.82, 2.24) is 5.32 Å². The van der Waals surface area contributed by atoms with Crippen LogP contribution in [-0.4, -0.2) is 24.1 Å². The highest BCUT2D eigenvalue weighted by Crippen LogP contribution is 2.21. The summed E-state index contributed by atoms with van der Waals surface area (Å²) in [6, 6.07) is 11.5. The summed E-state index contributed by atoms with van der Waals surface area (Å²) in [5, 5.41) is 3.58. The van der Waals surface area contributed by atoms with E-state index in [1.165, 1.54) is 29.9 Å². The Labute approximate surface area is 117 Å². The average Bonchev–Trinajstić information content (AvgIpc) is 2.38. The largest absolute Gasteiger partial charge is 0.314 e. The summed E-state index contributed by atoms with van der Waals surface area (Å²) in [6.07, 6.45) is 2.61. The van der Waals surface area contributed by atoms with Crippen molar-refractivity contribution in [3.8, 4) is 0 Å². The number of hydrogen-bond donors (Lipinski definition) is 1. The van der Waals surface area contributed by atoms with Gasteiger partial charge in [0.25, 0.3) is 0 Å². The van der Waals surface area contributed by atoms with Gasteiger partial charge in [0, 0.05) is 12.6 Å². The Bertz CT molecular complexity index is 297. The van der Waals surface area contributed by atoms with Crippen LogP contribution >= 0.6 is 11.8 Å². The van der Waals surface area contributed by atoms with Crippen LogP contribution in [-0.2, 0) is 0 Å². The van der Waals surface area contributed by atoms with E-state index in [1.54, 1.807) is 0 Å². The summed E-state index contributed by atoms with van der Waals surface area (Å²) in [5.74, 6) is 3.19. The molecule has 1 aromatic rings. The third-order valence-corrected chi connectivity index (χ3v) is 4.07. The Hall–Kier alpha value is -0.470. The molecule has 1 atom stereocenters. The van der Waals surface area contributed by atoms with Crippen molar-refractivity contribution in [2.75, 3.05) is 18.1 Å². The van der Waals surface area contributed by atoms with E-state index >= 15 is 0 Å². The maximum Gasteiger partial charge on any atom is 0.00225 e. The molecule has 0 fully saturated rings. The first-order chi connectivity index (χ1) is 8.74. The molecule has 1 nitrogen and oxygen atoms in total. The molecule has 0 saturated carbocycles. The Kier molecular flexibility index (Phi) is 8.19. The molecular formula is C16H27NS. The van der Waals surface area contributed by atoms with Crippen LogP contribution in [0.3, 0.4) is 0 Å². The van der Waals surface area contributed by atoms with Gasteiger partial charge in [0.1, 0.15) is 0 Å². The second kappa shape index (κ2) is 9.46. The van der Waals surface area contributed by atoms with Crippen LogP contribution < -0.4 is 5.32 Å². The average molecular weight is 265 g/mol. The zero-order valence-electron chi connectivity index (χ0n) is 12.0. The zero-order chi connectivity index (χ0) is 13.2. The highest BCUT2D eigenvalue weighted by Gasteiger charge is 2.11. The third-order valence-electron chi connectivity index (χ3n) is 3.09. The van der Waals surface area contributed by atoms with E-state index in [9.17, 15) is 0 Å². The van der Waals surface area contributed by atoms with Gasteiger partial charge in [0.2, 0.25) is 0 Å². The molecular weight excluding hydrogens is 238 g/mol. The number of benzene rings is 1. The molecule has 0 aliphatic carbocycles. The van der Waals surface area contributed by atoms with Crippen molar-refractivity contribution in [3.05, 3.63) is 35.9 Å². The quantitative estimate of drug-likeness (QED) is 0.668. The molecule has 0 amide bonds. The highest BCUT2D eigenvalue weighted by molar-refractivity contribution is 7.99. The predicted molar refractivity (Wildman–Crippen MR) is 84.6 cm³/mol. The van der Waals surface area contributed by atoms with Crippen LogP contribution in [0.5, 0.6) is 0 Å². The molecule has 1 N–H and O–H groups in total. The van der Waals surface area contributed by atoms with Crippen molar-refractivity contribution in [3.63, 3.8) is 0 Å². The van der Waals surface area contributed by atoms with Crippen molar-refractivity contribution in [2.24, 2.45) is 0 Å². The molecule has 1 unspecified atom stereocenters. The predicted octanol–water partition coefficient (Wildman–Crippen LogP) is 4.30. The summed E-state index contributed by atoms with van der Waals surface area (Å²) in [5.41, 5.74) is 1.48. The fourth-order valence-corrected chi connectivity index (χ4v) is 2.73. The van der Waals surface area contributed by atoms with Gasteiger partial charge >= 0.3 is 0 Å². The Morgan fingerprint density at radius 3 is 2.50 bits per heavy atom. The van der Waals surface area contributed by atoms with Gasteiger partial charge in [-0.05, 0) is 35.8 Å². The van der Waals surface area contributed by atoms with Crippen LogP contribution in [0.15, 0.2) is 30.3 Å². The minimum absolute atomic E-state index is 0.571. The first-order valence-corrected chi connectivity index (χ1v) is 8.25. The fourth-order valence-electron chi connectivity index (χ4n) is 2.07. The van der Waals surface area contributed by atoms with Gasteiger partial charge in [-0.25, -0.2) is 0 Å². The van der Waals surface area contributed by atoms with E-state index in [4.69, 9.17) is 0 Å². The smallest absolute Gasteiger partial charge is 0.00225 e. The van der Waals surface area contributed by atoms with Crippen molar-refractivity contribution in [1.29, 1.82) is 0 Å². The number of nitrogens with one attached hydrogen (secondary N) is 1. The van der Waals surface area contributed by atoms with Gasteiger partial charge in [-0.15, -0.1) is 0 Å². The van der Waals surface area contributed by atoms with Gasteiger partial charge < -0.3 is 5.32 Å². The van der Waals surface area contributed by atoms with Gasteiger partial charge in [0.05, 0.1) is 0 Å². The molecule has 0 radical (unpaired) electrons. The number of hydrogen-bond acceptors (Lipinski definition) is 2. The maximum atomic E-state index is 3.58. The van der Waals surface area contributed by atoms with Crippen LogP contribution in [0.25, 0.3) is 0 Å². The van der Waals surface area contributed by atoms with Gasteiger partial charge in [-0.3, -0.25) is 0 Å². The lowest BCUT2D eigenvalue weighted by molar-refractivity contribution is 0.506. The molecule has 18 heavy (non-hydrogen) atoms. The SMILES string of the molecule is CCSCCCC(CNC(C)C)c1ccccc1. The van der Waals surface area contributed by atoms with Gasteiger partial charge in [0.15, 0.2) is 0 Å². The lowest BCUT2D eigenvalue weighted by Crippen LogP contribution is -2.28. The third kappa shape index (κ3) is 6.46. The fraction of sp³-hybridized carbons (Fsp3) is 0.625. The summed E-state index contributed by atoms with van der Waals surface area (Å²) in [4.78, 5) is 0. The van der Waals surface area contributed by atoms with E-state index in [2.05, 4.69) is 56.4 Å². The Morgan fingerprint density at radius 1 is 1.17 bits per heavy atom. The van der Waals surface area contributed by atoms with Crippen LogP contribution in [0, 0.1) is 0 Å². The molecule has 0 bridgehead atoms. The highest BCUT2D eigenvalue weighted by atomic mass is 32.2. The van der Waals surface area contributed by atoms with Crippen LogP contribution in [0.1, 0.15) is 45.1 Å². The molecule has 1 aromatic carbocycles. The van der Waals surface area contributed by atoms with E-state index in [0.29, 0.717) is 12.0 Å². The Morgan fingerprint density at radius 2 is 1.89 bits per heavy atom. The minimum Gasteiger partial charge on any atom is -0.314 e. The monoisotopic (exact) mass is 265 g/mol. The van der Waals surface area contributed by atoms with E-state index in [0.717, 1.165) is 6.54 Å². The van der Waals surface area contributed by atoms with Crippen molar-refractivity contribution in [2.45, 2.75) is 45.6 Å². The van der Waals surface area contributed by atoms with Crippen LogP contribution in [0.2, 0.25) is 0 Å². The second-order valence-corrected chi connectivity index (χ2v) is 6.40. The lowest BCUT2D eigenvalue weighted by Gasteiger charge is -2.19. The molecule has 0 heterocycles. The van der Waals surface area contributed by atoms with Gasteiger partial charge in [-0.2, -0.15) is 11.8 Å². The second-order valence-electron chi connectivity index (χ2n) is 5.01. The first-order valence-electron chi connectivity index (χ1n) is 7.10. The molecule has 0 aromatic heterocycles. The molecule has 0 saturated heterocycles. The molecule has 1 rings (SSSR count). The van der Waals surface area contributed by atoms with E-state index < -0.39 is 0 Å². The molecule has 0 spiro atoms. The summed E-state index contributed by atoms with van der Waals surface area (Å²) < 4.78 is 0. The summed E-state index contributed by atoms with van der Waals surface area (Å²) >= 11 is 2.05. The topological polar surface area (TPSA) is 12.0 Å². The van der Waals surface area contributed by atoms with Crippen molar-refractivity contribution < 1.29 is 0 Å². The summed E-state index contributed by atoms with van der Waals surface area (Å²) in [6.45, 7) is 7.77. The first kappa shape index (κ1) is 15.6. The molecule has 0 aliphatic heterocycles. The van der Waals surface area contributed by atoms with Crippen LogP contribution in [0.4, 0.5) is 0 Å². The number of rotatable bonds is 9. The lowest BCUT2D eigenvalue weighted by atomic mass is 9.94. The normalized spacial score (nSPS) is 12.9. The zero-order valence-corrected chi connectivity index (χ0v) is 12.8. The Balaban J connectivity index is 2.47.